The number of hydrogen-bond acceptors (Lipinski definition) is 2. The molecule has 0 fully saturated rings. The van der Waals surface area contributed by atoms with E-state index in [0.29, 0.717) is 12.3 Å². The highest BCUT2D eigenvalue weighted by Crippen LogP contribution is 1.95. The minimum Gasteiger partial charge on any atom is -1.00 e. The van der Waals surface area contributed by atoms with Gasteiger partial charge in [-0.25, -0.2) is 0 Å². The van der Waals surface area contributed by atoms with Crippen LogP contribution in [0, 0.1) is 0 Å². The van der Waals surface area contributed by atoms with Crippen molar-refractivity contribution < 1.29 is 26.5 Å². The molecule has 0 saturated heterocycles. The molecule has 0 radical (unpaired) electrons. The number of ether oxygens (including phenoxy) is 1. The maximum atomic E-state index is 10.9. The molecule has 0 aromatic carbocycles. The van der Waals surface area contributed by atoms with Crippen molar-refractivity contribution in [2.45, 2.75) is 32.9 Å². The molecule has 0 unspecified atom stereocenters. The van der Waals surface area contributed by atoms with Crippen LogP contribution in [0.1, 0.15) is 36.5 Å². The second-order valence-electron chi connectivity index (χ2n) is 3.72. The Labute approximate surface area is 108 Å². The zero-order chi connectivity index (χ0) is 11.8. The first-order valence-electron chi connectivity index (χ1n) is 5.60. The number of carbonyl (C=O) groups is 1. The van der Waals surface area contributed by atoms with Crippen molar-refractivity contribution in [2.75, 3.05) is 6.61 Å². The topological polar surface area (TPSA) is 56.2 Å². The molecule has 2 N–H and O–H groups in total. The van der Waals surface area contributed by atoms with Crippen LogP contribution >= 0.6 is 0 Å². The van der Waals surface area contributed by atoms with Crippen molar-refractivity contribution in [1.29, 1.82) is 0 Å². The predicted molar refractivity (Wildman–Crippen MR) is 60.6 cm³/mol. The number of pyridine rings is 1. The van der Waals surface area contributed by atoms with Gasteiger partial charge in [-0.3, -0.25) is 4.79 Å². The summed E-state index contributed by atoms with van der Waals surface area (Å²) in [4.78, 5) is 10.9. The van der Waals surface area contributed by atoms with E-state index in [-0.39, 0.29) is 12.4 Å². The second kappa shape index (κ2) is 8.96. The number of rotatable bonds is 7. The summed E-state index contributed by atoms with van der Waals surface area (Å²) in [7, 11) is 0. The summed E-state index contributed by atoms with van der Waals surface area (Å²) >= 11 is 0. The van der Waals surface area contributed by atoms with Crippen LogP contribution in [0.3, 0.4) is 0 Å². The SMILES string of the molecule is CCCCCOC[n+]1cccc(C(N)=O)c1.[Cl-]. The van der Waals surface area contributed by atoms with E-state index in [2.05, 4.69) is 6.92 Å². The van der Waals surface area contributed by atoms with Gasteiger partial charge in [-0.1, -0.05) is 19.8 Å². The highest BCUT2D eigenvalue weighted by atomic mass is 35.5. The molecule has 0 atom stereocenters. The van der Waals surface area contributed by atoms with Gasteiger partial charge < -0.3 is 22.9 Å². The summed E-state index contributed by atoms with van der Waals surface area (Å²) in [5.41, 5.74) is 5.68. The number of unbranched alkanes of at least 4 members (excludes halogenated alkanes) is 2. The highest BCUT2D eigenvalue weighted by Gasteiger charge is 2.06. The molecule has 0 saturated carbocycles. The minimum atomic E-state index is -0.416. The standard InChI is InChI=1S/C12H18N2O2.ClH/c1-2-3-4-8-16-10-14-7-5-6-11(9-14)12(13)15;/h5-7,9H,2-4,8,10H2,1H3,(H-,13,15);1H. The van der Waals surface area contributed by atoms with Crippen LogP contribution < -0.4 is 22.7 Å². The molecule has 17 heavy (non-hydrogen) atoms. The molecule has 0 spiro atoms. The Balaban J connectivity index is 0.00000256. The number of carbonyl (C=O) groups excluding carboxylic acids is 1. The summed E-state index contributed by atoms with van der Waals surface area (Å²) < 4.78 is 7.28. The van der Waals surface area contributed by atoms with Crippen molar-refractivity contribution >= 4 is 5.91 Å². The lowest BCUT2D eigenvalue weighted by Crippen LogP contribution is -3.00. The van der Waals surface area contributed by atoms with E-state index in [1.807, 2.05) is 10.8 Å². The van der Waals surface area contributed by atoms with Crippen LogP contribution in [-0.2, 0) is 11.5 Å². The van der Waals surface area contributed by atoms with Gasteiger partial charge in [0.2, 0.25) is 0 Å². The van der Waals surface area contributed by atoms with Crippen molar-refractivity contribution in [3.63, 3.8) is 0 Å². The van der Waals surface area contributed by atoms with Crippen LogP contribution in [0.4, 0.5) is 0 Å². The molecule has 0 aliphatic carbocycles. The lowest BCUT2D eigenvalue weighted by Gasteiger charge is -2.00. The van der Waals surface area contributed by atoms with E-state index in [4.69, 9.17) is 10.5 Å². The van der Waals surface area contributed by atoms with Gasteiger partial charge in [0.1, 0.15) is 5.56 Å². The quantitative estimate of drug-likeness (QED) is 0.466. The molecule has 4 nitrogen and oxygen atoms in total. The van der Waals surface area contributed by atoms with E-state index in [1.54, 1.807) is 18.3 Å². The summed E-state index contributed by atoms with van der Waals surface area (Å²) in [5, 5.41) is 0. The van der Waals surface area contributed by atoms with Gasteiger partial charge in [0.15, 0.2) is 12.4 Å². The van der Waals surface area contributed by atoms with Crippen LogP contribution in [-0.4, -0.2) is 12.5 Å². The monoisotopic (exact) mass is 258 g/mol. The summed E-state index contributed by atoms with van der Waals surface area (Å²) in [6.45, 7) is 3.37. The third-order valence-electron chi connectivity index (χ3n) is 2.28. The average Bonchev–Trinajstić information content (AvgIpc) is 2.29. The van der Waals surface area contributed by atoms with Crippen LogP contribution in [0.15, 0.2) is 24.5 Å². The Morgan fingerprint density at radius 1 is 1.47 bits per heavy atom. The van der Waals surface area contributed by atoms with E-state index in [0.717, 1.165) is 13.0 Å². The minimum absolute atomic E-state index is 0. The lowest BCUT2D eigenvalue weighted by atomic mass is 10.3. The van der Waals surface area contributed by atoms with Crippen molar-refractivity contribution in [2.24, 2.45) is 5.73 Å². The first kappa shape index (κ1) is 15.9. The van der Waals surface area contributed by atoms with Gasteiger partial charge >= 0.3 is 0 Å². The summed E-state index contributed by atoms with van der Waals surface area (Å²) in [5.74, 6) is -0.416. The van der Waals surface area contributed by atoms with E-state index in [1.165, 1.54) is 12.8 Å². The Morgan fingerprint density at radius 2 is 2.24 bits per heavy atom. The molecule has 1 heterocycles. The number of nitrogens with zero attached hydrogens (tertiary/aromatic N) is 1. The molecule has 5 heteroatoms. The number of hydrogen-bond donors (Lipinski definition) is 1. The van der Waals surface area contributed by atoms with Crippen LogP contribution in [0.25, 0.3) is 0 Å². The fraction of sp³-hybridized carbons (Fsp3) is 0.500. The van der Waals surface area contributed by atoms with Gasteiger partial charge in [0.25, 0.3) is 12.6 Å². The van der Waals surface area contributed by atoms with Gasteiger partial charge in [-0.05, 0) is 12.5 Å². The fourth-order valence-electron chi connectivity index (χ4n) is 1.37. The van der Waals surface area contributed by atoms with Crippen molar-refractivity contribution in [3.8, 4) is 0 Å². The first-order valence-corrected chi connectivity index (χ1v) is 5.60. The second-order valence-corrected chi connectivity index (χ2v) is 3.72. The van der Waals surface area contributed by atoms with Gasteiger partial charge in [0, 0.05) is 6.07 Å². The lowest BCUT2D eigenvalue weighted by molar-refractivity contribution is -0.732. The van der Waals surface area contributed by atoms with Crippen LogP contribution in [0.2, 0.25) is 0 Å². The molecular weight excluding hydrogens is 240 g/mol. The Morgan fingerprint density at radius 3 is 2.88 bits per heavy atom. The highest BCUT2D eigenvalue weighted by molar-refractivity contribution is 5.92. The van der Waals surface area contributed by atoms with Crippen LogP contribution in [0.5, 0.6) is 0 Å². The third kappa shape index (κ3) is 6.24. The summed E-state index contributed by atoms with van der Waals surface area (Å²) in [6, 6.07) is 3.48. The number of aromatic nitrogens is 1. The predicted octanol–water partition coefficient (Wildman–Crippen LogP) is -1.76. The molecule has 0 aliphatic heterocycles. The number of nitrogens with two attached hydrogens (primary N) is 1. The van der Waals surface area contributed by atoms with Gasteiger partial charge in [-0.2, -0.15) is 4.57 Å². The molecule has 1 aromatic heterocycles. The van der Waals surface area contributed by atoms with Crippen molar-refractivity contribution in [3.05, 3.63) is 30.1 Å². The molecular formula is C12H19ClN2O2. The van der Waals surface area contributed by atoms with E-state index >= 15 is 0 Å². The number of amides is 1. The first-order chi connectivity index (χ1) is 7.74. The third-order valence-corrected chi connectivity index (χ3v) is 2.28. The Kier molecular flexibility index (Phi) is 8.36. The number of primary amides is 1. The van der Waals surface area contributed by atoms with Crippen molar-refractivity contribution in [1.82, 2.24) is 0 Å². The smallest absolute Gasteiger partial charge is 0.254 e. The van der Waals surface area contributed by atoms with Gasteiger partial charge in [-0.15, -0.1) is 0 Å². The Hall–Kier alpha value is -1.13. The normalized spacial score (nSPS) is 9.71. The molecule has 1 aromatic rings. The molecule has 0 bridgehead atoms. The average molecular weight is 259 g/mol. The zero-order valence-corrected chi connectivity index (χ0v) is 10.8. The maximum Gasteiger partial charge on any atom is 0.254 e. The molecule has 0 aliphatic rings. The molecule has 1 rings (SSSR count). The number of halogens is 1. The molecule has 96 valence electrons. The van der Waals surface area contributed by atoms with E-state index < -0.39 is 5.91 Å². The largest absolute Gasteiger partial charge is 1.00 e. The Bertz CT molecular complexity index is 345. The molecule has 1 amide bonds. The van der Waals surface area contributed by atoms with E-state index in [9.17, 15) is 4.79 Å². The summed E-state index contributed by atoms with van der Waals surface area (Å²) in [6.07, 6.45) is 7.00. The maximum absolute atomic E-state index is 10.9. The fourth-order valence-corrected chi connectivity index (χ4v) is 1.37. The van der Waals surface area contributed by atoms with Gasteiger partial charge in [0.05, 0.1) is 6.61 Å². The zero-order valence-electron chi connectivity index (χ0n) is 10.1.